The van der Waals surface area contributed by atoms with E-state index in [0.717, 1.165) is 24.0 Å². The number of aryl methyl sites for hydroxylation is 2. The van der Waals surface area contributed by atoms with E-state index in [1.807, 2.05) is 25.1 Å². The normalized spacial score (nSPS) is 12.8. The average Bonchev–Trinajstić information content (AvgIpc) is 2.67. The minimum atomic E-state index is -0.767. The van der Waals surface area contributed by atoms with Gasteiger partial charge in [0, 0.05) is 6.54 Å². The minimum absolute atomic E-state index is 0.178. The van der Waals surface area contributed by atoms with Gasteiger partial charge in [-0.2, -0.15) is 0 Å². The lowest BCUT2D eigenvalue weighted by atomic mass is 10.0. The van der Waals surface area contributed by atoms with E-state index >= 15 is 0 Å². The zero-order valence-electron chi connectivity index (χ0n) is 16.4. The van der Waals surface area contributed by atoms with Gasteiger partial charge in [0.15, 0.2) is 0 Å². The van der Waals surface area contributed by atoms with Crippen LogP contribution < -0.4 is 16.4 Å². The number of aromatic hydroxyl groups is 1. The van der Waals surface area contributed by atoms with E-state index in [1.54, 1.807) is 25.1 Å². The third kappa shape index (κ3) is 6.70. The van der Waals surface area contributed by atoms with Gasteiger partial charge in [0.25, 0.3) is 0 Å². The SMILES string of the molecule is Cc1cc(O)ccc1CC(N)C(=O)N[C@H](C)C(=O)NCCCc1ccccc1. The Morgan fingerprint density at radius 2 is 1.82 bits per heavy atom. The van der Waals surface area contributed by atoms with Crippen LogP contribution in [0.25, 0.3) is 0 Å². The Morgan fingerprint density at radius 3 is 2.50 bits per heavy atom. The smallest absolute Gasteiger partial charge is 0.242 e. The van der Waals surface area contributed by atoms with Gasteiger partial charge in [-0.3, -0.25) is 9.59 Å². The number of nitrogens with one attached hydrogen (secondary N) is 2. The Bertz CT molecular complexity index is 793. The molecule has 0 aliphatic heterocycles. The van der Waals surface area contributed by atoms with Crippen molar-refractivity contribution in [1.82, 2.24) is 10.6 Å². The summed E-state index contributed by atoms with van der Waals surface area (Å²) < 4.78 is 0. The molecule has 0 fully saturated rings. The van der Waals surface area contributed by atoms with Gasteiger partial charge in [0.2, 0.25) is 11.8 Å². The number of hydrogen-bond acceptors (Lipinski definition) is 4. The Kier molecular flexibility index (Phi) is 8.02. The highest BCUT2D eigenvalue weighted by atomic mass is 16.3. The number of carbonyl (C=O) groups is 2. The lowest BCUT2D eigenvalue weighted by Crippen LogP contribution is -2.51. The number of rotatable bonds is 9. The van der Waals surface area contributed by atoms with Crippen molar-refractivity contribution in [1.29, 1.82) is 0 Å². The summed E-state index contributed by atoms with van der Waals surface area (Å²) in [5.41, 5.74) is 8.97. The van der Waals surface area contributed by atoms with Gasteiger partial charge in [-0.15, -0.1) is 0 Å². The van der Waals surface area contributed by atoms with E-state index in [9.17, 15) is 14.7 Å². The van der Waals surface area contributed by atoms with Gasteiger partial charge in [-0.1, -0.05) is 36.4 Å². The van der Waals surface area contributed by atoms with Crippen LogP contribution in [0.1, 0.15) is 30.0 Å². The maximum Gasteiger partial charge on any atom is 0.242 e. The molecule has 6 heteroatoms. The van der Waals surface area contributed by atoms with Crippen LogP contribution in [0.2, 0.25) is 0 Å². The van der Waals surface area contributed by atoms with E-state index in [0.29, 0.717) is 13.0 Å². The van der Waals surface area contributed by atoms with Crippen LogP contribution in [0.5, 0.6) is 5.75 Å². The molecule has 2 rings (SSSR count). The lowest BCUT2D eigenvalue weighted by molar-refractivity contribution is -0.129. The van der Waals surface area contributed by atoms with Crippen molar-refractivity contribution in [2.75, 3.05) is 6.54 Å². The van der Waals surface area contributed by atoms with Crippen LogP contribution in [0, 0.1) is 6.92 Å². The average molecular weight is 383 g/mol. The van der Waals surface area contributed by atoms with Crippen molar-refractivity contribution in [3.05, 3.63) is 65.2 Å². The Hall–Kier alpha value is -2.86. The van der Waals surface area contributed by atoms with Gasteiger partial charge in [0.1, 0.15) is 11.8 Å². The molecule has 2 aromatic rings. The maximum atomic E-state index is 12.3. The molecule has 0 spiro atoms. The summed E-state index contributed by atoms with van der Waals surface area (Å²) in [7, 11) is 0. The molecule has 0 radical (unpaired) electrons. The summed E-state index contributed by atoms with van der Waals surface area (Å²) in [6.45, 7) is 4.04. The highest BCUT2D eigenvalue weighted by Crippen LogP contribution is 2.16. The van der Waals surface area contributed by atoms with Crippen molar-refractivity contribution in [2.24, 2.45) is 5.73 Å². The third-order valence-electron chi connectivity index (χ3n) is 4.64. The number of hydrogen-bond donors (Lipinski definition) is 4. The van der Waals surface area contributed by atoms with Crippen LogP contribution in [0.3, 0.4) is 0 Å². The number of benzene rings is 2. The van der Waals surface area contributed by atoms with E-state index in [1.165, 1.54) is 5.56 Å². The van der Waals surface area contributed by atoms with E-state index in [4.69, 9.17) is 5.73 Å². The molecule has 0 saturated carbocycles. The molecule has 2 atom stereocenters. The Balaban J connectivity index is 1.73. The third-order valence-corrected chi connectivity index (χ3v) is 4.64. The molecule has 1 unspecified atom stereocenters. The Labute approximate surface area is 166 Å². The summed E-state index contributed by atoms with van der Waals surface area (Å²) >= 11 is 0. The predicted molar refractivity (Wildman–Crippen MR) is 110 cm³/mol. The zero-order valence-corrected chi connectivity index (χ0v) is 16.4. The first-order valence-corrected chi connectivity index (χ1v) is 9.53. The number of amides is 2. The fraction of sp³-hybridized carbons (Fsp3) is 0.364. The van der Waals surface area contributed by atoms with Crippen molar-refractivity contribution in [2.45, 2.75) is 45.2 Å². The molecule has 0 aliphatic carbocycles. The van der Waals surface area contributed by atoms with Gasteiger partial charge < -0.3 is 21.5 Å². The fourth-order valence-electron chi connectivity index (χ4n) is 2.93. The monoisotopic (exact) mass is 383 g/mol. The summed E-state index contributed by atoms with van der Waals surface area (Å²) in [4.78, 5) is 24.5. The van der Waals surface area contributed by atoms with Crippen molar-refractivity contribution < 1.29 is 14.7 Å². The second-order valence-electron chi connectivity index (χ2n) is 7.03. The Morgan fingerprint density at radius 1 is 1.11 bits per heavy atom. The molecule has 2 aromatic carbocycles. The second-order valence-corrected chi connectivity index (χ2v) is 7.03. The molecule has 0 saturated heterocycles. The summed E-state index contributed by atoms with van der Waals surface area (Å²) in [5, 5.41) is 15.0. The van der Waals surface area contributed by atoms with Crippen LogP contribution in [-0.4, -0.2) is 35.5 Å². The fourth-order valence-corrected chi connectivity index (χ4v) is 2.93. The lowest BCUT2D eigenvalue weighted by Gasteiger charge is -2.18. The van der Waals surface area contributed by atoms with Crippen molar-refractivity contribution in [3.63, 3.8) is 0 Å². The van der Waals surface area contributed by atoms with Crippen LogP contribution in [-0.2, 0) is 22.4 Å². The summed E-state index contributed by atoms with van der Waals surface area (Å²) in [6.07, 6.45) is 2.05. The molecule has 5 N–H and O–H groups in total. The maximum absolute atomic E-state index is 12.3. The molecule has 28 heavy (non-hydrogen) atoms. The topological polar surface area (TPSA) is 104 Å². The van der Waals surface area contributed by atoms with E-state index in [-0.39, 0.29) is 17.6 Å². The molecule has 0 aliphatic rings. The van der Waals surface area contributed by atoms with Crippen LogP contribution in [0.15, 0.2) is 48.5 Å². The highest BCUT2D eigenvalue weighted by molar-refractivity contribution is 5.89. The van der Waals surface area contributed by atoms with E-state index < -0.39 is 12.1 Å². The van der Waals surface area contributed by atoms with Gasteiger partial charge in [-0.05, 0) is 61.9 Å². The van der Waals surface area contributed by atoms with Gasteiger partial charge >= 0.3 is 0 Å². The van der Waals surface area contributed by atoms with Crippen molar-refractivity contribution in [3.8, 4) is 5.75 Å². The molecular weight excluding hydrogens is 354 g/mol. The van der Waals surface area contributed by atoms with E-state index in [2.05, 4.69) is 22.8 Å². The largest absolute Gasteiger partial charge is 0.508 e. The molecule has 2 amide bonds. The molecule has 0 aromatic heterocycles. The first kappa shape index (κ1) is 21.4. The summed E-state index contributed by atoms with van der Waals surface area (Å²) in [6, 6.07) is 13.6. The first-order valence-electron chi connectivity index (χ1n) is 9.53. The van der Waals surface area contributed by atoms with Crippen LogP contribution >= 0.6 is 0 Å². The number of nitrogens with two attached hydrogens (primary N) is 1. The number of phenolic OH excluding ortho intramolecular Hbond substituents is 1. The summed E-state index contributed by atoms with van der Waals surface area (Å²) in [5.74, 6) is -0.425. The van der Waals surface area contributed by atoms with Gasteiger partial charge in [0.05, 0.1) is 6.04 Å². The molecule has 150 valence electrons. The van der Waals surface area contributed by atoms with Crippen LogP contribution in [0.4, 0.5) is 0 Å². The quantitative estimate of drug-likeness (QED) is 0.496. The second kappa shape index (κ2) is 10.5. The van der Waals surface area contributed by atoms with Crippen molar-refractivity contribution >= 4 is 11.8 Å². The molecular formula is C22H29N3O3. The zero-order chi connectivity index (χ0) is 20.5. The first-order chi connectivity index (χ1) is 13.4. The molecule has 0 heterocycles. The van der Waals surface area contributed by atoms with Gasteiger partial charge in [-0.25, -0.2) is 0 Å². The predicted octanol–water partition coefficient (Wildman–Crippen LogP) is 1.82. The number of carbonyl (C=O) groups excluding carboxylic acids is 2. The highest BCUT2D eigenvalue weighted by Gasteiger charge is 2.20. The molecule has 6 nitrogen and oxygen atoms in total. The molecule has 0 bridgehead atoms. The minimum Gasteiger partial charge on any atom is -0.508 e. The standard InChI is InChI=1S/C22H29N3O3/c1-15-13-19(26)11-10-18(15)14-20(23)22(28)25-16(2)21(27)24-12-6-9-17-7-4-3-5-8-17/h3-5,7-8,10-11,13,16,20,26H,6,9,12,14,23H2,1-2H3,(H,24,27)(H,25,28)/t16-,20?/m1/s1. The number of phenols is 1.